The van der Waals surface area contributed by atoms with Gasteiger partial charge in [-0.05, 0) is 17.5 Å². The zero-order chi connectivity index (χ0) is 17.9. The van der Waals surface area contributed by atoms with Crippen molar-refractivity contribution in [1.29, 1.82) is 0 Å². The second-order valence-corrected chi connectivity index (χ2v) is 5.59. The van der Waals surface area contributed by atoms with E-state index in [2.05, 4.69) is 25.7 Å². The summed E-state index contributed by atoms with van der Waals surface area (Å²) < 4.78 is 0. The Morgan fingerprint density at radius 3 is 2.77 bits per heavy atom. The number of fused-ring (bicyclic) bond motifs is 2. The van der Waals surface area contributed by atoms with E-state index in [4.69, 9.17) is 0 Å². The van der Waals surface area contributed by atoms with Crippen LogP contribution in [0.3, 0.4) is 0 Å². The summed E-state index contributed by atoms with van der Waals surface area (Å²) in [5.74, 6) is -0.504. The van der Waals surface area contributed by atoms with Crippen LogP contribution in [0.1, 0.15) is 16.1 Å². The summed E-state index contributed by atoms with van der Waals surface area (Å²) in [6.45, 7) is 0. The summed E-state index contributed by atoms with van der Waals surface area (Å²) in [6.07, 6.45) is 5.03. The van der Waals surface area contributed by atoms with Crippen LogP contribution in [0.4, 0.5) is 0 Å². The number of hydrogen-bond donors (Lipinski definition) is 2. The minimum atomic E-state index is -0.504. The molecule has 0 atom stereocenters. The molecule has 0 spiro atoms. The molecule has 0 aliphatic heterocycles. The molecule has 0 bridgehead atoms. The number of amides is 1. The first-order valence-electron chi connectivity index (χ1n) is 7.87. The fraction of sp³-hybridized carbons (Fsp3) is 0. The van der Waals surface area contributed by atoms with Crippen molar-refractivity contribution in [1.82, 2.24) is 20.6 Å². The molecule has 0 radical (unpaired) electrons. The van der Waals surface area contributed by atoms with Crippen LogP contribution in [0, 0.1) is 0 Å². The molecule has 1 amide bonds. The van der Waals surface area contributed by atoms with Gasteiger partial charge >= 0.3 is 0 Å². The number of nitrogens with zero attached hydrogens (tertiary/aromatic N) is 3. The molecule has 0 saturated carbocycles. The van der Waals surface area contributed by atoms with E-state index in [1.54, 1.807) is 42.9 Å². The summed E-state index contributed by atoms with van der Waals surface area (Å²) in [5.41, 5.74) is 3.07. The van der Waals surface area contributed by atoms with Gasteiger partial charge in [0.05, 0.1) is 11.6 Å². The van der Waals surface area contributed by atoms with Gasteiger partial charge in [0.1, 0.15) is 0 Å². The Labute approximate surface area is 147 Å². The highest BCUT2D eigenvalue weighted by atomic mass is 16.2. The SMILES string of the molecule is O=C(N/N=C/c1cccc2cnccc12)c1n[nH]c(=O)c2ccccc12. The summed E-state index contributed by atoms with van der Waals surface area (Å²) >= 11 is 0. The molecule has 26 heavy (non-hydrogen) atoms. The predicted molar refractivity (Wildman–Crippen MR) is 99.2 cm³/mol. The molecule has 2 aromatic heterocycles. The molecule has 4 rings (SSSR count). The van der Waals surface area contributed by atoms with Crippen LogP contribution in [0.5, 0.6) is 0 Å². The molecule has 2 N–H and O–H groups in total. The Morgan fingerprint density at radius 2 is 1.88 bits per heavy atom. The van der Waals surface area contributed by atoms with Crippen LogP contribution in [0.2, 0.25) is 0 Å². The Hall–Kier alpha value is -3.87. The number of rotatable bonds is 3. The standard InChI is InChI=1S/C19H13N5O2/c25-18-16-7-2-1-6-15(16)17(22-24-18)19(26)23-21-11-13-5-3-4-12-10-20-9-8-14(12)13/h1-11H,(H,23,26)(H,24,25)/b21-11+. The maximum Gasteiger partial charge on any atom is 0.292 e. The van der Waals surface area contributed by atoms with Gasteiger partial charge < -0.3 is 0 Å². The number of hydrazone groups is 1. The Kier molecular flexibility index (Phi) is 3.95. The predicted octanol–water partition coefficient (Wildman–Crippen LogP) is 2.24. The van der Waals surface area contributed by atoms with Crippen molar-refractivity contribution in [3.05, 3.63) is 82.5 Å². The first kappa shape index (κ1) is 15.6. The van der Waals surface area contributed by atoms with Gasteiger partial charge in [-0.1, -0.05) is 36.4 Å². The second kappa shape index (κ2) is 6.56. The minimum absolute atomic E-state index is 0.111. The first-order chi connectivity index (χ1) is 12.7. The molecular weight excluding hydrogens is 330 g/mol. The molecule has 0 aliphatic rings. The average molecular weight is 343 g/mol. The molecule has 0 unspecified atom stereocenters. The van der Waals surface area contributed by atoms with Crippen molar-refractivity contribution in [3.8, 4) is 0 Å². The third kappa shape index (κ3) is 2.82. The number of nitrogens with one attached hydrogen (secondary N) is 2. The fourth-order valence-corrected chi connectivity index (χ4v) is 2.76. The third-order valence-electron chi connectivity index (χ3n) is 4.00. The number of pyridine rings is 1. The lowest BCUT2D eigenvalue weighted by atomic mass is 10.1. The molecule has 126 valence electrons. The fourth-order valence-electron chi connectivity index (χ4n) is 2.76. The number of aromatic amines is 1. The van der Waals surface area contributed by atoms with Crippen molar-refractivity contribution in [3.63, 3.8) is 0 Å². The number of benzene rings is 2. The van der Waals surface area contributed by atoms with Gasteiger partial charge in [0.15, 0.2) is 5.69 Å². The van der Waals surface area contributed by atoms with Gasteiger partial charge in [0.2, 0.25) is 0 Å². The number of hydrogen-bond acceptors (Lipinski definition) is 5. The highest BCUT2D eigenvalue weighted by Crippen LogP contribution is 2.16. The van der Waals surface area contributed by atoms with E-state index in [0.717, 1.165) is 16.3 Å². The van der Waals surface area contributed by atoms with Gasteiger partial charge in [-0.3, -0.25) is 14.6 Å². The Bertz CT molecular complexity index is 1210. The highest BCUT2D eigenvalue weighted by molar-refractivity contribution is 6.05. The van der Waals surface area contributed by atoms with Crippen LogP contribution < -0.4 is 11.0 Å². The lowest BCUT2D eigenvalue weighted by Gasteiger charge is -2.03. The van der Waals surface area contributed by atoms with Crippen LogP contribution in [0.25, 0.3) is 21.5 Å². The van der Waals surface area contributed by atoms with Gasteiger partial charge in [0.25, 0.3) is 11.5 Å². The molecule has 7 nitrogen and oxygen atoms in total. The second-order valence-electron chi connectivity index (χ2n) is 5.59. The zero-order valence-corrected chi connectivity index (χ0v) is 13.5. The van der Waals surface area contributed by atoms with E-state index in [1.165, 1.54) is 0 Å². The number of carbonyl (C=O) groups is 1. The van der Waals surface area contributed by atoms with E-state index in [1.807, 2.05) is 24.3 Å². The number of aromatic nitrogens is 3. The molecule has 0 fully saturated rings. The van der Waals surface area contributed by atoms with Crippen molar-refractivity contribution in [2.45, 2.75) is 0 Å². The van der Waals surface area contributed by atoms with E-state index < -0.39 is 5.91 Å². The molecule has 2 aromatic carbocycles. The van der Waals surface area contributed by atoms with Crippen molar-refractivity contribution < 1.29 is 4.79 Å². The summed E-state index contributed by atoms with van der Waals surface area (Å²) in [6, 6.07) is 14.4. The maximum absolute atomic E-state index is 12.4. The summed E-state index contributed by atoms with van der Waals surface area (Å²) in [5, 5.41) is 13.0. The smallest absolute Gasteiger partial charge is 0.267 e. The molecule has 4 aromatic rings. The van der Waals surface area contributed by atoms with Crippen LogP contribution >= 0.6 is 0 Å². The summed E-state index contributed by atoms with van der Waals surface area (Å²) in [4.78, 5) is 28.3. The van der Waals surface area contributed by atoms with Gasteiger partial charge in [-0.2, -0.15) is 10.2 Å². The van der Waals surface area contributed by atoms with E-state index in [0.29, 0.717) is 10.8 Å². The molecular formula is C19H13N5O2. The zero-order valence-electron chi connectivity index (χ0n) is 13.5. The molecule has 2 heterocycles. The maximum atomic E-state index is 12.4. The van der Waals surface area contributed by atoms with Crippen LogP contribution in [-0.4, -0.2) is 27.3 Å². The highest BCUT2D eigenvalue weighted by Gasteiger charge is 2.13. The Morgan fingerprint density at radius 1 is 1.04 bits per heavy atom. The van der Waals surface area contributed by atoms with Crippen LogP contribution in [-0.2, 0) is 0 Å². The van der Waals surface area contributed by atoms with Crippen molar-refractivity contribution in [2.75, 3.05) is 0 Å². The van der Waals surface area contributed by atoms with E-state index in [9.17, 15) is 9.59 Å². The molecule has 0 saturated heterocycles. The van der Waals surface area contributed by atoms with Gasteiger partial charge in [-0.25, -0.2) is 10.5 Å². The minimum Gasteiger partial charge on any atom is -0.267 e. The lowest BCUT2D eigenvalue weighted by Crippen LogP contribution is -2.22. The first-order valence-corrected chi connectivity index (χ1v) is 7.87. The largest absolute Gasteiger partial charge is 0.292 e. The monoisotopic (exact) mass is 343 g/mol. The van der Waals surface area contributed by atoms with E-state index >= 15 is 0 Å². The average Bonchev–Trinajstić information content (AvgIpc) is 2.68. The van der Waals surface area contributed by atoms with E-state index in [-0.39, 0.29) is 11.3 Å². The molecule has 0 aliphatic carbocycles. The molecule has 7 heteroatoms. The third-order valence-corrected chi connectivity index (χ3v) is 4.00. The van der Waals surface area contributed by atoms with Crippen molar-refractivity contribution in [2.24, 2.45) is 5.10 Å². The van der Waals surface area contributed by atoms with Gasteiger partial charge in [0, 0.05) is 28.7 Å². The van der Waals surface area contributed by atoms with Crippen LogP contribution in [0.15, 0.2) is 70.8 Å². The lowest BCUT2D eigenvalue weighted by molar-refractivity contribution is 0.0951. The van der Waals surface area contributed by atoms with Crippen molar-refractivity contribution >= 4 is 33.7 Å². The Balaban J connectivity index is 1.62. The normalized spacial score (nSPS) is 11.2. The quantitative estimate of drug-likeness (QED) is 0.440. The number of carbonyl (C=O) groups excluding carboxylic acids is 1. The number of H-pyrrole nitrogens is 1. The topological polar surface area (TPSA) is 100 Å². The van der Waals surface area contributed by atoms with Gasteiger partial charge in [-0.15, -0.1) is 0 Å². The summed E-state index contributed by atoms with van der Waals surface area (Å²) in [7, 11) is 0.